The molecule has 18 heavy (non-hydrogen) atoms. The maximum absolute atomic E-state index is 9.94. The monoisotopic (exact) mass is 245 g/mol. The van der Waals surface area contributed by atoms with Gasteiger partial charge in [0.2, 0.25) is 0 Å². The molecule has 1 aromatic carbocycles. The number of hydrogen-bond acceptors (Lipinski definition) is 3. The zero-order valence-corrected chi connectivity index (χ0v) is 10.9. The van der Waals surface area contributed by atoms with E-state index in [9.17, 15) is 5.11 Å². The van der Waals surface area contributed by atoms with Crippen molar-refractivity contribution in [2.45, 2.75) is 51.7 Å². The maximum atomic E-state index is 9.94. The van der Waals surface area contributed by atoms with E-state index in [4.69, 9.17) is 10.00 Å². The molecular weight excluding hydrogens is 226 g/mol. The summed E-state index contributed by atoms with van der Waals surface area (Å²) in [6, 6.07) is 5.81. The van der Waals surface area contributed by atoms with Gasteiger partial charge in [-0.1, -0.05) is 6.42 Å². The lowest BCUT2D eigenvalue weighted by atomic mass is 9.94. The van der Waals surface area contributed by atoms with Gasteiger partial charge in [-0.3, -0.25) is 0 Å². The third-order valence-electron chi connectivity index (χ3n) is 3.53. The summed E-state index contributed by atoms with van der Waals surface area (Å²) in [4.78, 5) is 0. The van der Waals surface area contributed by atoms with E-state index in [1.54, 1.807) is 0 Å². The molecule has 1 fully saturated rings. The minimum atomic E-state index is -0.367. The molecule has 1 aromatic rings. The fourth-order valence-corrected chi connectivity index (χ4v) is 2.57. The van der Waals surface area contributed by atoms with Crippen molar-refractivity contribution in [3.8, 4) is 11.8 Å². The molecule has 1 N–H and O–H groups in total. The van der Waals surface area contributed by atoms with Crippen molar-refractivity contribution < 1.29 is 9.84 Å². The molecule has 96 valence electrons. The topological polar surface area (TPSA) is 53.2 Å². The summed E-state index contributed by atoms with van der Waals surface area (Å²) in [6.07, 6.45) is 3.43. The van der Waals surface area contributed by atoms with Crippen LogP contribution in [0.5, 0.6) is 5.75 Å². The van der Waals surface area contributed by atoms with E-state index in [-0.39, 0.29) is 12.2 Å². The molecule has 3 nitrogen and oxygen atoms in total. The molecule has 2 atom stereocenters. The smallest absolute Gasteiger partial charge is 0.125 e. The predicted octanol–water partition coefficient (Wildman–Crippen LogP) is 2.86. The Hall–Kier alpha value is -1.53. The van der Waals surface area contributed by atoms with Gasteiger partial charge in [-0.25, -0.2) is 0 Å². The molecule has 0 amide bonds. The van der Waals surface area contributed by atoms with Crippen molar-refractivity contribution >= 4 is 0 Å². The Balaban J connectivity index is 2.21. The van der Waals surface area contributed by atoms with Gasteiger partial charge in [-0.05, 0) is 56.4 Å². The second-order valence-electron chi connectivity index (χ2n) is 5.06. The van der Waals surface area contributed by atoms with Crippen LogP contribution in [0.15, 0.2) is 12.1 Å². The zero-order chi connectivity index (χ0) is 13.1. The van der Waals surface area contributed by atoms with Gasteiger partial charge in [-0.2, -0.15) is 5.26 Å². The van der Waals surface area contributed by atoms with Gasteiger partial charge in [0.25, 0.3) is 0 Å². The number of rotatable bonds is 2. The molecule has 0 spiro atoms. The van der Waals surface area contributed by atoms with Crippen LogP contribution in [0.4, 0.5) is 0 Å². The van der Waals surface area contributed by atoms with Crippen LogP contribution in [0.3, 0.4) is 0 Å². The Morgan fingerprint density at radius 2 is 1.83 bits per heavy atom. The molecule has 0 heterocycles. The summed E-state index contributed by atoms with van der Waals surface area (Å²) in [7, 11) is 0. The summed E-state index contributed by atoms with van der Waals surface area (Å²) in [5.74, 6) is 0.819. The van der Waals surface area contributed by atoms with Gasteiger partial charge in [-0.15, -0.1) is 0 Å². The van der Waals surface area contributed by atoms with Crippen molar-refractivity contribution in [2.75, 3.05) is 0 Å². The summed E-state index contributed by atoms with van der Waals surface area (Å²) in [6.45, 7) is 3.89. The minimum absolute atomic E-state index is 0.107. The first-order valence-corrected chi connectivity index (χ1v) is 6.48. The van der Waals surface area contributed by atoms with Gasteiger partial charge in [0.05, 0.1) is 17.7 Å². The van der Waals surface area contributed by atoms with Gasteiger partial charge in [0.15, 0.2) is 0 Å². The SMILES string of the molecule is Cc1cc(C#N)cc(C)c1OC1CCCCC1O. The largest absolute Gasteiger partial charge is 0.487 e. The first kappa shape index (κ1) is 12.9. The number of nitrogens with zero attached hydrogens (tertiary/aromatic N) is 1. The molecule has 2 rings (SSSR count). The molecule has 2 unspecified atom stereocenters. The standard InChI is InChI=1S/C15H19NO2/c1-10-7-12(9-16)8-11(2)15(10)18-14-6-4-3-5-13(14)17/h7-8,13-14,17H,3-6H2,1-2H3. The number of ether oxygens (including phenoxy) is 1. The van der Waals surface area contributed by atoms with Crippen LogP contribution in [0, 0.1) is 25.2 Å². The first-order valence-electron chi connectivity index (χ1n) is 6.48. The van der Waals surface area contributed by atoms with Gasteiger partial charge >= 0.3 is 0 Å². The maximum Gasteiger partial charge on any atom is 0.125 e. The second-order valence-corrected chi connectivity index (χ2v) is 5.06. The summed E-state index contributed by atoms with van der Waals surface area (Å²) >= 11 is 0. The predicted molar refractivity (Wildman–Crippen MR) is 69.5 cm³/mol. The number of hydrogen-bond donors (Lipinski definition) is 1. The Morgan fingerprint density at radius 1 is 1.22 bits per heavy atom. The lowest BCUT2D eigenvalue weighted by Crippen LogP contribution is -2.35. The fraction of sp³-hybridized carbons (Fsp3) is 0.533. The Bertz CT molecular complexity index is 453. The molecule has 0 saturated heterocycles. The van der Waals surface area contributed by atoms with E-state index < -0.39 is 0 Å². The van der Waals surface area contributed by atoms with Crippen molar-refractivity contribution in [1.29, 1.82) is 5.26 Å². The van der Waals surface area contributed by atoms with E-state index in [2.05, 4.69) is 6.07 Å². The van der Waals surface area contributed by atoms with Crippen LogP contribution in [0.1, 0.15) is 42.4 Å². The molecule has 3 heteroatoms. The Kier molecular flexibility index (Phi) is 3.88. The van der Waals surface area contributed by atoms with E-state index in [0.717, 1.165) is 42.6 Å². The second kappa shape index (κ2) is 5.41. The molecular formula is C15H19NO2. The van der Waals surface area contributed by atoms with Crippen molar-refractivity contribution in [1.82, 2.24) is 0 Å². The number of benzene rings is 1. The van der Waals surface area contributed by atoms with Crippen LogP contribution >= 0.6 is 0 Å². The molecule has 1 aliphatic rings. The van der Waals surface area contributed by atoms with Crippen molar-refractivity contribution in [2.24, 2.45) is 0 Å². The third kappa shape index (κ3) is 2.65. The molecule has 1 saturated carbocycles. The van der Waals surface area contributed by atoms with E-state index in [0.29, 0.717) is 5.56 Å². The normalized spacial score (nSPS) is 23.4. The number of aliphatic hydroxyl groups is 1. The third-order valence-corrected chi connectivity index (χ3v) is 3.53. The average Bonchev–Trinajstić information content (AvgIpc) is 2.35. The van der Waals surface area contributed by atoms with Gasteiger partial charge < -0.3 is 9.84 Å². The number of aliphatic hydroxyl groups excluding tert-OH is 1. The van der Waals surface area contributed by atoms with Crippen LogP contribution < -0.4 is 4.74 Å². The van der Waals surface area contributed by atoms with Crippen LogP contribution in [0.2, 0.25) is 0 Å². The average molecular weight is 245 g/mol. The Morgan fingerprint density at radius 3 is 2.39 bits per heavy atom. The highest BCUT2D eigenvalue weighted by Crippen LogP contribution is 2.29. The van der Waals surface area contributed by atoms with Crippen molar-refractivity contribution in [3.63, 3.8) is 0 Å². The van der Waals surface area contributed by atoms with Crippen LogP contribution in [-0.2, 0) is 0 Å². The summed E-state index contributed by atoms with van der Waals surface area (Å²) < 4.78 is 5.97. The van der Waals surface area contributed by atoms with Gasteiger partial charge in [0, 0.05) is 0 Å². The lowest BCUT2D eigenvalue weighted by molar-refractivity contribution is 0.00620. The van der Waals surface area contributed by atoms with Crippen LogP contribution in [-0.4, -0.2) is 17.3 Å². The highest BCUT2D eigenvalue weighted by molar-refractivity contribution is 5.47. The molecule has 0 aliphatic heterocycles. The zero-order valence-electron chi connectivity index (χ0n) is 10.9. The fourth-order valence-electron chi connectivity index (χ4n) is 2.57. The molecule has 0 aromatic heterocycles. The minimum Gasteiger partial charge on any atom is -0.487 e. The van der Waals surface area contributed by atoms with Crippen molar-refractivity contribution in [3.05, 3.63) is 28.8 Å². The van der Waals surface area contributed by atoms with Gasteiger partial charge in [0.1, 0.15) is 11.9 Å². The number of aryl methyl sites for hydroxylation is 2. The molecule has 0 radical (unpaired) electrons. The van der Waals surface area contributed by atoms with E-state index in [1.165, 1.54) is 0 Å². The van der Waals surface area contributed by atoms with Crippen LogP contribution in [0.25, 0.3) is 0 Å². The quantitative estimate of drug-likeness (QED) is 0.871. The highest BCUT2D eigenvalue weighted by Gasteiger charge is 2.25. The lowest BCUT2D eigenvalue weighted by Gasteiger charge is -2.29. The summed E-state index contributed by atoms with van der Waals surface area (Å²) in [5, 5.41) is 18.8. The molecule has 0 bridgehead atoms. The Labute approximate surface area is 108 Å². The summed E-state index contributed by atoms with van der Waals surface area (Å²) in [5.41, 5.74) is 2.58. The first-order chi connectivity index (χ1) is 8.61. The highest BCUT2D eigenvalue weighted by atomic mass is 16.5. The van der Waals surface area contributed by atoms with E-state index >= 15 is 0 Å². The van der Waals surface area contributed by atoms with E-state index in [1.807, 2.05) is 26.0 Å². The molecule has 1 aliphatic carbocycles. The number of nitriles is 1.